The van der Waals surface area contributed by atoms with Crippen LogP contribution in [0.1, 0.15) is 33.1 Å². The van der Waals surface area contributed by atoms with Crippen molar-refractivity contribution in [3.8, 4) is 0 Å². The Kier molecular flexibility index (Phi) is 4.66. The van der Waals surface area contributed by atoms with Gasteiger partial charge in [0, 0.05) is 11.6 Å². The zero-order valence-corrected chi connectivity index (χ0v) is 15.1. The monoisotopic (exact) mass is 383 g/mol. The third-order valence-electron chi connectivity index (χ3n) is 4.89. The number of carbonyl (C=O) groups is 1. The van der Waals surface area contributed by atoms with Crippen LogP contribution in [0.25, 0.3) is 0 Å². The van der Waals surface area contributed by atoms with Gasteiger partial charge in [0.2, 0.25) is 0 Å². The van der Waals surface area contributed by atoms with Crippen LogP contribution in [0.2, 0.25) is 5.02 Å². The molecule has 1 unspecified atom stereocenters. The van der Waals surface area contributed by atoms with E-state index in [0.717, 1.165) is 34.9 Å². The lowest BCUT2D eigenvalue weighted by Crippen LogP contribution is -2.41. The van der Waals surface area contributed by atoms with E-state index in [-0.39, 0.29) is 11.6 Å². The molecule has 136 valence electrons. The highest BCUT2D eigenvalue weighted by Gasteiger charge is 2.33. The SMILES string of the molecule is O=C(c1cc(F)ccc1F)N1CCc2ccccc2C1c1ccc(Cl)cc1. The summed E-state index contributed by atoms with van der Waals surface area (Å²) >= 11 is 6.01. The van der Waals surface area contributed by atoms with E-state index in [4.69, 9.17) is 11.6 Å². The van der Waals surface area contributed by atoms with Gasteiger partial charge in [0.25, 0.3) is 5.91 Å². The molecule has 5 heteroatoms. The number of benzene rings is 3. The Labute approximate surface area is 161 Å². The van der Waals surface area contributed by atoms with Gasteiger partial charge >= 0.3 is 0 Å². The Balaban J connectivity index is 1.82. The lowest BCUT2D eigenvalue weighted by Gasteiger charge is -2.38. The minimum Gasteiger partial charge on any atom is -0.327 e. The number of fused-ring (bicyclic) bond motifs is 1. The summed E-state index contributed by atoms with van der Waals surface area (Å²) in [5.74, 6) is -1.89. The molecule has 3 aromatic rings. The van der Waals surface area contributed by atoms with Crippen molar-refractivity contribution >= 4 is 17.5 Å². The average molecular weight is 384 g/mol. The highest BCUT2D eigenvalue weighted by Crippen LogP contribution is 2.36. The third-order valence-corrected chi connectivity index (χ3v) is 5.14. The summed E-state index contributed by atoms with van der Waals surface area (Å²) in [5.41, 5.74) is 2.74. The maximum Gasteiger partial charge on any atom is 0.257 e. The fraction of sp³-hybridized carbons (Fsp3) is 0.136. The molecule has 2 nitrogen and oxygen atoms in total. The minimum atomic E-state index is -0.727. The van der Waals surface area contributed by atoms with Gasteiger partial charge in [-0.05, 0) is 53.4 Å². The molecule has 0 radical (unpaired) electrons. The van der Waals surface area contributed by atoms with Crippen molar-refractivity contribution in [3.05, 3.63) is 106 Å². The molecule has 1 heterocycles. The van der Waals surface area contributed by atoms with Crippen molar-refractivity contribution in [3.63, 3.8) is 0 Å². The summed E-state index contributed by atoms with van der Waals surface area (Å²) in [6.07, 6.45) is 0.656. The van der Waals surface area contributed by atoms with E-state index in [1.165, 1.54) is 0 Å². The van der Waals surface area contributed by atoms with Crippen LogP contribution < -0.4 is 0 Å². The van der Waals surface area contributed by atoms with Crippen molar-refractivity contribution in [1.29, 1.82) is 0 Å². The first-order chi connectivity index (χ1) is 13.0. The molecule has 0 N–H and O–H groups in total. The molecular weight excluding hydrogens is 368 g/mol. The van der Waals surface area contributed by atoms with E-state index in [9.17, 15) is 13.6 Å². The molecule has 1 aliphatic heterocycles. The molecule has 1 aliphatic rings. The van der Waals surface area contributed by atoms with Gasteiger partial charge in [0.15, 0.2) is 0 Å². The smallest absolute Gasteiger partial charge is 0.257 e. The average Bonchev–Trinajstić information content (AvgIpc) is 2.69. The predicted octanol–water partition coefficient (Wildman–Crippen LogP) is 5.41. The molecule has 0 spiro atoms. The van der Waals surface area contributed by atoms with Crippen LogP contribution >= 0.6 is 11.6 Å². The Hall–Kier alpha value is -2.72. The van der Waals surface area contributed by atoms with Crippen molar-refractivity contribution in [2.75, 3.05) is 6.54 Å². The van der Waals surface area contributed by atoms with Crippen molar-refractivity contribution in [2.24, 2.45) is 0 Å². The lowest BCUT2D eigenvalue weighted by atomic mass is 9.87. The van der Waals surface area contributed by atoms with E-state index in [0.29, 0.717) is 18.0 Å². The molecule has 0 saturated carbocycles. The zero-order valence-electron chi connectivity index (χ0n) is 14.3. The molecule has 0 aromatic heterocycles. The van der Waals surface area contributed by atoms with E-state index in [1.54, 1.807) is 17.0 Å². The maximum atomic E-state index is 14.2. The van der Waals surface area contributed by atoms with Gasteiger partial charge in [0.05, 0.1) is 11.6 Å². The zero-order chi connectivity index (χ0) is 19.0. The quantitative estimate of drug-likeness (QED) is 0.579. The van der Waals surface area contributed by atoms with Gasteiger partial charge in [0.1, 0.15) is 11.6 Å². The Morgan fingerprint density at radius 2 is 1.74 bits per heavy atom. The number of halogens is 3. The van der Waals surface area contributed by atoms with E-state index < -0.39 is 17.5 Å². The van der Waals surface area contributed by atoms with Crippen LogP contribution in [0.15, 0.2) is 66.7 Å². The van der Waals surface area contributed by atoms with Gasteiger partial charge in [-0.25, -0.2) is 8.78 Å². The molecular formula is C22H16ClF2NO. The van der Waals surface area contributed by atoms with E-state index >= 15 is 0 Å². The standard InChI is InChI=1S/C22H16ClF2NO/c23-16-7-5-15(6-8-16)21-18-4-2-1-3-14(18)11-12-26(21)22(27)19-13-17(24)9-10-20(19)25/h1-10,13,21H,11-12H2. The maximum absolute atomic E-state index is 14.2. The number of nitrogens with zero attached hydrogens (tertiary/aromatic N) is 1. The largest absolute Gasteiger partial charge is 0.327 e. The Morgan fingerprint density at radius 1 is 1.00 bits per heavy atom. The third kappa shape index (κ3) is 3.33. The second-order valence-corrected chi connectivity index (χ2v) is 6.96. The fourth-order valence-electron chi connectivity index (χ4n) is 3.61. The number of hydrogen-bond acceptors (Lipinski definition) is 1. The topological polar surface area (TPSA) is 20.3 Å². The first kappa shape index (κ1) is 17.7. The number of amides is 1. The second-order valence-electron chi connectivity index (χ2n) is 6.53. The van der Waals surface area contributed by atoms with Crippen molar-refractivity contribution in [1.82, 2.24) is 4.90 Å². The minimum absolute atomic E-state index is 0.256. The summed E-state index contributed by atoms with van der Waals surface area (Å²) in [6.45, 7) is 0.416. The first-order valence-corrected chi connectivity index (χ1v) is 9.01. The molecule has 0 bridgehead atoms. The van der Waals surface area contributed by atoms with E-state index in [1.807, 2.05) is 36.4 Å². The summed E-state index contributed by atoms with van der Waals surface area (Å²) in [6, 6.07) is 17.7. The fourth-order valence-corrected chi connectivity index (χ4v) is 3.73. The van der Waals surface area contributed by atoms with Crippen LogP contribution in [0.5, 0.6) is 0 Å². The number of hydrogen-bond donors (Lipinski definition) is 0. The van der Waals surface area contributed by atoms with Crippen LogP contribution in [0.4, 0.5) is 8.78 Å². The molecule has 0 aliphatic carbocycles. The molecule has 0 fully saturated rings. The summed E-state index contributed by atoms with van der Waals surface area (Å²) in [5, 5.41) is 0.594. The number of rotatable bonds is 2. The van der Waals surface area contributed by atoms with Gasteiger partial charge in [-0.15, -0.1) is 0 Å². The highest BCUT2D eigenvalue weighted by molar-refractivity contribution is 6.30. The van der Waals surface area contributed by atoms with Crippen LogP contribution in [0.3, 0.4) is 0 Å². The van der Waals surface area contributed by atoms with Gasteiger partial charge in [-0.3, -0.25) is 4.79 Å². The molecule has 1 atom stereocenters. The van der Waals surface area contributed by atoms with Crippen molar-refractivity contribution in [2.45, 2.75) is 12.5 Å². The Morgan fingerprint density at radius 3 is 2.52 bits per heavy atom. The first-order valence-electron chi connectivity index (χ1n) is 8.64. The Bertz CT molecular complexity index is 1000. The van der Waals surface area contributed by atoms with Crippen LogP contribution in [-0.4, -0.2) is 17.4 Å². The molecule has 0 saturated heterocycles. The molecule has 27 heavy (non-hydrogen) atoms. The van der Waals surface area contributed by atoms with Gasteiger partial charge in [-0.1, -0.05) is 48.0 Å². The van der Waals surface area contributed by atoms with E-state index in [2.05, 4.69) is 0 Å². The predicted molar refractivity (Wildman–Crippen MR) is 101 cm³/mol. The highest BCUT2D eigenvalue weighted by atomic mass is 35.5. The number of carbonyl (C=O) groups excluding carboxylic acids is 1. The van der Waals surface area contributed by atoms with Crippen molar-refractivity contribution < 1.29 is 13.6 Å². The second kappa shape index (κ2) is 7.12. The lowest BCUT2D eigenvalue weighted by molar-refractivity contribution is 0.0689. The summed E-state index contributed by atoms with van der Waals surface area (Å²) < 4.78 is 27.8. The van der Waals surface area contributed by atoms with Gasteiger partial charge in [-0.2, -0.15) is 0 Å². The molecule has 3 aromatic carbocycles. The van der Waals surface area contributed by atoms with Crippen LogP contribution in [-0.2, 0) is 6.42 Å². The normalized spacial score (nSPS) is 16.1. The van der Waals surface area contributed by atoms with Gasteiger partial charge < -0.3 is 4.90 Å². The van der Waals surface area contributed by atoms with Crippen LogP contribution in [0, 0.1) is 11.6 Å². The molecule has 4 rings (SSSR count). The summed E-state index contributed by atoms with van der Waals surface area (Å²) in [4.78, 5) is 14.7. The molecule has 1 amide bonds. The summed E-state index contributed by atoms with van der Waals surface area (Å²) in [7, 11) is 0.